The molecule has 0 aliphatic heterocycles. The van der Waals surface area contributed by atoms with Gasteiger partial charge in [-0.3, -0.25) is 4.98 Å². The van der Waals surface area contributed by atoms with Crippen LogP contribution in [0.25, 0.3) is 0 Å². The van der Waals surface area contributed by atoms with Crippen LogP contribution < -0.4 is 5.73 Å². The Balaban J connectivity index is 2.15. The second-order valence-electron chi connectivity index (χ2n) is 4.47. The second kappa shape index (κ2) is 6.51. The molecule has 2 nitrogen and oxygen atoms in total. The van der Waals surface area contributed by atoms with E-state index in [-0.39, 0.29) is 6.04 Å². The number of pyridine rings is 1. The van der Waals surface area contributed by atoms with Gasteiger partial charge in [-0.2, -0.15) is 0 Å². The van der Waals surface area contributed by atoms with Crippen molar-refractivity contribution in [2.24, 2.45) is 5.73 Å². The lowest BCUT2D eigenvalue weighted by atomic mass is 10.0. The molecule has 1 atom stereocenters. The molecular formula is C15H16BrClN2. The number of hydrogen-bond acceptors (Lipinski definition) is 2. The fourth-order valence-electron chi connectivity index (χ4n) is 1.93. The van der Waals surface area contributed by atoms with Crippen LogP contribution in [-0.2, 0) is 12.8 Å². The summed E-state index contributed by atoms with van der Waals surface area (Å²) in [6, 6.07) is 9.79. The summed E-state index contributed by atoms with van der Waals surface area (Å²) in [5.74, 6) is 0. The molecule has 1 unspecified atom stereocenters. The topological polar surface area (TPSA) is 38.9 Å². The molecule has 4 heteroatoms. The Morgan fingerprint density at radius 3 is 2.74 bits per heavy atom. The van der Waals surface area contributed by atoms with Crippen LogP contribution in [0.4, 0.5) is 0 Å². The number of aromatic nitrogens is 1. The number of hydrogen-bond donors (Lipinski definition) is 1. The Morgan fingerprint density at radius 1 is 1.32 bits per heavy atom. The lowest BCUT2D eigenvalue weighted by Crippen LogP contribution is -2.14. The smallest absolute Gasteiger partial charge is 0.0595 e. The first-order valence-electron chi connectivity index (χ1n) is 6.25. The van der Waals surface area contributed by atoms with Gasteiger partial charge in [0.1, 0.15) is 0 Å². The zero-order valence-electron chi connectivity index (χ0n) is 10.7. The number of nitrogens with two attached hydrogens (primary N) is 1. The molecule has 0 radical (unpaired) electrons. The van der Waals surface area contributed by atoms with Crippen molar-refractivity contribution in [3.8, 4) is 0 Å². The highest BCUT2D eigenvalue weighted by Crippen LogP contribution is 2.30. The molecular weight excluding hydrogens is 324 g/mol. The van der Waals surface area contributed by atoms with Gasteiger partial charge in [-0.05, 0) is 45.6 Å². The van der Waals surface area contributed by atoms with E-state index in [9.17, 15) is 0 Å². The zero-order valence-corrected chi connectivity index (χ0v) is 13.1. The fraction of sp³-hybridized carbons (Fsp3) is 0.267. The lowest BCUT2D eigenvalue weighted by Gasteiger charge is -2.14. The van der Waals surface area contributed by atoms with Crippen molar-refractivity contribution in [2.45, 2.75) is 25.8 Å². The highest BCUT2D eigenvalue weighted by molar-refractivity contribution is 9.10. The summed E-state index contributed by atoms with van der Waals surface area (Å²) >= 11 is 9.67. The summed E-state index contributed by atoms with van der Waals surface area (Å²) in [6.45, 7) is 2.11. The Bertz CT molecular complexity index is 555. The van der Waals surface area contributed by atoms with Crippen LogP contribution in [0.15, 0.2) is 41.0 Å². The van der Waals surface area contributed by atoms with E-state index in [1.807, 2.05) is 30.5 Å². The van der Waals surface area contributed by atoms with Crippen LogP contribution in [-0.4, -0.2) is 4.98 Å². The van der Waals surface area contributed by atoms with E-state index >= 15 is 0 Å². The minimum Gasteiger partial charge on any atom is -0.324 e. The van der Waals surface area contributed by atoms with E-state index in [0.29, 0.717) is 11.4 Å². The summed E-state index contributed by atoms with van der Waals surface area (Å²) < 4.78 is 0.872. The number of halogens is 2. The molecule has 0 fully saturated rings. The van der Waals surface area contributed by atoms with Gasteiger partial charge in [0.25, 0.3) is 0 Å². The predicted octanol–water partition coefficient (Wildman–Crippen LogP) is 4.30. The third-order valence-electron chi connectivity index (χ3n) is 3.10. The van der Waals surface area contributed by atoms with Gasteiger partial charge in [-0.15, -0.1) is 0 Å². The molecule has 0 amide bonds. The van der Waals surface area contributed by atoms with Crippen LogP contribution in [0.5, 0.6) is 0 Å². The van der Waals surface area contributed by atoms with Crippen molar-refractivity contribution in [1.29, 1.82) is 0 Å². The Labute approximate surface area is 127 Å². The molecule has 0 saturated heterocycles. The van der Waals surface area contributed by atoms with E-state index in [1.165, 1.54) is 5.56 Å². The monoisotopic (exact) mass is 338 g/mol. The first kappa shape index (κ1) is 14.5. The number of rotatable bonds is 4. The number of aryl methyl sites for hydroxylation is 1. The average Bonchev–Trinajstić information content (AvgIpc) is 2.42. The lowest BCUT2D eigenvalue weighted by molar-refractivity contribution is 0.705. The maximum Gasteiger partial charge on any atom is 0.0595 e. The summed E-state index contributed by atoms with van der Waals surface area (Å²) in [4.78, 5) is 4.43. The van der Waals surface area contributed by atoms with E-state index in [2.05, 4.69) is 33.9 Å². The van der Waals surface area contributed by atoms with Gasteiger partial charge < -0.3 is 5.73 Å². The van der Waals surface area contributed by atoms with Gasteiger partial charge in [0.2, 0.25) is 0 Å². The first-order chi connectivity index (χ1) is 9.11. The molecule has 0 bridgehead atoms. The molecule has 100 valence electrons. The normalized spacial score (nSPS) is 12.4. The summed E-state index contributed by atoms with van der Waals surface area (Å²) in [5.41, 5.74) is 9.38. The SMILES string of the molecule is CCc1ccc(CC(N)c2cccc(Br)c2Cl)nc1. The van der Waals surface area contributed by atoms with Crippen LogP contribution in [0.1, 0.15) is 29.8 Å². The van der Waals surface area contributed by atoms with Crippen LogP contribution in [0.3, 0.4) is 0 Å². The van der Waals surface area contributed by atoms with E-state index in [4.69, 9.17) is 17.3 Å². The van der Waals surface area contributed by atoms with Crippen molar-refractivity contribution in [3.05, 3.63) is 62.8 Å². The largest absolute Gasteiger partial charge is 0.324 e. The van der Waals surface area contributed by atoms with Crippen LogP contribution >= 0.6 is 27.5 Å². The van der Waals surface area contributed by atoms with Gasteiger partial charge in [0.15, 0.2) is 0 Å². The molecule has 2 rings (SSSR count). The summed E-state index contributed by atoms with van der Waals surface area (Å²) in [7, 11) is 0. The van der Waals surface area contributed by atoms with Crippen molar-refractivity contribution in [2.75, 3.05) is 0 Å². The Morgan fingerprint density at radius 2 is 2.11 bits per heavy atom. The zero-order chi connectivity index (χ0) is 13.8. The number of nitrogens with zero attached hydrogens (tertiary/aromatic N) is 1. The second-order valence-corrected chi connectivity index (χ2v) is 5.70. The number of benzene rings is 1. The minimum atomic E-state index is -0.148. The molecule has 2 aromatic rings. The average molecular weight is 340 g/mol. The maximum atomic E-state index is 6.25. The van der Waals surface area contributed by atoms with Crippen molar-refractivity contribution < 1.29 is 0 Å². The van der Waals surface area contributed by atoms with Gasteiger partial charge in [0, 0.05) is 28.8 Å². The molecule has 0 spiro atoms. The standard InChI is InChI=1S/C15H16BrClN2/c1-2-10-6-7-11(19-9-10)8-14(18)12-4-3-5-13(16)15(12)17/h3-7,9,14H,2,8,18H2,1H3. The minimum absolute atomic E-state index is 0.148. The quantitative estimate of drug-likeness (QED) is 0.902. The summed E-state index contributed by atoms with van der Waals surface area (Å²) in [6.07, 6.45) is 3.58. The maximum absolute atomic E-state index is 6.25. The third-order valence-corrected chi connectivity index (χ3v) is 4.42. The molecule has 1 aromatic heterocycles. The fourth-order valence-corrected chi connectivity index (χ4v) is 2.57. The molecule has 2 N–H and O–H groups in total. The van der Waals surface area contributed by atoms with E-state index < -0.39 is 0 Å². The van der Waals surface area contributed by atoms with Crippen molar-refractivity contribution in [1.82, 2.24) is 4.98 Å². The highest BCUT2D eigenvalue weighted by Gasteiger charge is 2.13. The van der Waals surface area contributed by atoms with E-state index in [0.717, 1.165) is 22.2 Å². The molecule has 0 aliphatic rings. The molecule has 0 aliphatic carbocycles. The van der Waals surface area contributed by atoms with Gasteiger partial charge in [-0.1, -0.05) is 36.7 Å². The molecule has 19 heavy (non-hydrogen) atoms. The van der Waals surface area contributed by atoms with Gasteiger partial charge >= 0.3 is 0 Å². The Hall–Kier alpha value is -0.900. The van der Waals surface area contributed by atoms with Crippen molar-refractivity contribution in [3.63, 3.8) is 0 Å². The van der Waals surface area contributed by atoms with Gasteiger partial charge in [-0.25, -0.2) is 0 Å². The summed E-state index contributed by atoms with van der Waals surface area (Å²) in [5, 5.41) is 0.681. The van der Waals surface area contributed by atoms with Gasteiger partial charge in [0.05, 0.1) is 5.02 Å². The molecule has 1 aromatic carbocycles. The van der Waals surface area contributed by atoms with Crippen LogP contribution in [0.2, 0.25) is 5.02 Å². The molecule has 0 saturated carbocycles. The third kappa shape index (κ3) is 3.56. The van der Waals surface area contributed by atoms with Crippen LogP contribution in [0, 0.1) is 0 Å². The van der Waals surface area contributed by atoms with E-state index in [1.54, 1.807) is 0 Å². The first-order valence-corrected chi connectivity index (χ1v) is 7.42. The molecule has 1 heterocycles. The van der Waals surface area contributed by atoms with Crippen molar-refractivity contribution >= 4 is 27.5 Å². The highest BCUT2D eigenvalue weighted by atomic mass is 79.9. The predicted molar refractivity (Wildman–Crippen MR) is 83.4 cm³/mol. The Kier molecular flexibility index (Phi) is 4.97.